The fraction of sp³-hybridized carbons (Fsp3) is 0.263. The minimum absolute atomic E-state index is 0.146. The Morgan fingerprint density at radius 3 is 3.00 bits per heavy atom. The minimum Gasteiger partial charge on any atom is -0.325 e. The van der Waals surface area contributed by atoms with Gasteiger partial charge in [0.15, 0.2) is 0 Å². The van der Waals surface area contributed by atoms with Crippen LogP contribution in [0.4, 0.5) is 5.69 Å². The summed E-state index contributed by atoms with van der Waals surface area (Å²) >= 11 is 2.26. The molecule has 0 saturated heterocycles. The van der Waals surface area contributed by atoms with Gasteiger partial charge in [0, 0.05) is 17.0 Å². The van der Waals surface area contributed by atoms with Crippen LogP contribution < -0.4 is 5.32 Å². The Morgan fingerprint density at radius 2 is 2.17 bits per heavy atom. The van der Waals surface area contributed by atoms with Gasteiger partial charge >= 0.3 is 0 Å². The summed E-state index contributed by atoms with van der Waals surface area (Å²) in [5.41, 5.74) is 5.24. The molecule has 1 aromatic heterocycles. The molecule has 5 rings (SSSR count). The van der Waals surface area contributed by atoms with Crippen molar-refractivity contribution in [3.8, 4) is 0 Å². The zero-order chi connectivity index (χ0) is 16.5. The maximum absolute atomic E-state index is 12.7. The van der Waals surface area contributed by atoms with E-state index in [0.717, 1.165) is 33.1 Å². The molecule has 1 unspecified atom stereocenters. The van der Waals surface area contributed by atoms with Crippen molar-refractivity contribution in [3.05, 3.63) is 56.8 Å². The first-order valence-electron chi connectivity index (χ1n) is 8.22. The number of fused-ring (bicyclic) bond motifs is 3. The highest BCUT2D eigenvalue weighted by Gasteiger charge is 2.65. The highest BCUT2D eigenvalue weighted by atomic mass is 127. The molecule has 1 fully saturated rings. The number of aryl methyl sites for hydroxylation is 1. The zero-order valence-corrected chi connectivity index (χ0v) is 15.3. The van der Waals surface area contributed by atoms with Gasteiger partial charge in [0.05, 0.1) is 10.9 Å². The maximum atomic E-state index is 12.7. The van der Waals surface area contributed by atoms with Crippen molar-refractivity contribution in [1.82, 2.24) is 10.2 Å². The van der Waals surface area contributed by atoms with E-state index in [1.165, 1.54) is 16.7 Å². The number of benzene rings is 2. The molecule has 0 bridgehead atoms. The quantitative estimate of drug-likeness (QED) is 0.603. The lowest BCUT2D eigenvalue weighted by molar-refractivity contribution is -0.118. The monoisotopic (exact) mass is 429 g/mol. The zero-order valence-electron chi connectivity index (χ0n) is 13.2. The molecule has 1 spiro atoms. The Morgan fingerprint density at radius 1 is 1.29 bits per heavy atom. The Balaban J connectivity index is 1.60. The number of hydrogen-bond donors (Lipinski definition) is 2. The number of aromatic amines is 1. The standard InChI is InChI=1S/C19H16IN3O/c1-2-10-3-6-15-13(7-10)19(18(24)21-15)9-14(19)11-4-5-12-16(8-11)22-23-17(12)20/h3-8,14H,2,9H2,1H3,(H,21,24)(H,22,23)/t14-,19?/m0/s1. The first-order valence-corrected chi connectivity index (χ1v) is 9.29. The SMILES string of the molecule is CCc1ccc2c(c1)C1(C[C@H]1c1ccc3c(I)[nH]nc3c1)C(=O)N2. The summed E-state index contributed by atoms with van der Waals surface area (Å²) in [7, 11) is 0. The van der Waals surface area contributed by atoms with E-state index in [1.54, 1.807) is 0 Å². The van der Waals surface area contributed by atoms with E-state index in [-0.39, 0.29) is 17.2 Å². The molecular formula is C19H16IN3O. The number of aromatic nitrogens is 2. The average Bonchev–Trinajstić information content (AvgIpc) is 3.17. The van der Waals surface area contributed by atoms with Gasteiger partial charge in [-0.05, 0) is 70.3 Å². The number of carbonyl (C=O) groups is 1. The number of amides is 1. The fourth-order valence-electron chi connectivity index (χ4n) is 4.07. The van der Waals surface area contributed by atoms with Crippen molar-refractivity contribution in [2.45, 2.75) is 31.1 Å². The second kappa shape index (κ2) is 4.81. The van der Waals surface area contributed by atoms with Crippen molar-refractivity contribution in [1.29, 1.82) is 0 Å². The fourth-order valence-corrected chi connectivity index (χ4v) is 4.65. The lowest BCUT2D eigenvalue weighted by Crippen LogP contribution is -2.21. The predicted molar refractivity (Wildman–Crippen MR) is 102 cm³/mol. The highest BCUT2D eigenvalue weighted by molar-refractivity contribution is 14.1. The van der Waals surface area contributed by atoms with Gasteiger partial charge in [-0.25, -0.2) is 0 Å². The molecule has 1 aliphatic heterocycles. The van der Waals surface area contributed by atoms with Gasteiger partial charge in [0.1, 0.15) is 3.70 Å². The number of carbonyl (C=O) groups excluding carboxylic acids is 1. The van der Waals surface area contributed by atoms with Crippen molar-refractivity contribution in [2.24, 2.45) is 0 Å². The lowest BCUT2D eigenvalue weighted by Gasteiger charge is -2.10. The number of H-pyrrole nitrogens is 1. The summed E-state index contributed by atoms with van der Waals surface area (Å²) < 4.78 is 1.05. The normalized spacial score (nSPS) is 24.4. The summed E-state index contributed by atoms with van der Waals surface area (Å²) in [5, 5.41) is 11.6. The van der Waals surface area contributed by atoms with Gasteiger partial charge in [-0.2, -0.15) is 5.10 Å². The van der Waals surface area contributed by atoms with Crippen LogP contribution in [0.5, 0.6) is 0 Å². The maximum Gasteiger partial charge on any atom is 0.235 e. The molecule has 120 valence electrons. The molecule has 0 radical (unpaired) electrons. The van der Waals surface area contributed by atoms with E-state index in [4.69, 9.17) is 0 Å². The molecule has 2 heterocycles. The Bertz CT molecular complexity index is 1010. The molecule has 4 nitrogen and oxygen atoms in total. The van der Waals surface area contributed by atoms with Gasteiger partial charge in [-0.3, -0.25) is 9.89 Å². The largest absolute Gasteiger partial charge is 0.325 e. The van der Waals surface area contributed by atoms with E-state index in [0.29, 0.717) is 0 Å². The molecule has 2 aromatic carbocycles. The Labute approximate surface area is 153 Å². The number of nitrogens with zero attached hydrogens (tertiary/aromatic N) is 1. The van der Waals surface area contributed by atoms with Crippen LogP contribution in [0.1, 0.15) is 36.0 Å². The number of halogens is 1. The van der Waals surface area contributed by atoms with Crippen LogP contribution in [0, 0.1) is 3.70 Å². The van der Waals surface area contributed by atoms with Crippen LogP contribution in [0.3, 0.4) is 0 Å². The van der Waals surface area contributed by atoms with E-state index in [9.17, 15) is 4.79 Å². The summed E-state index contributed by atoms with van der Waals surface area (Å²) in [4.78, 5) is 12.7. The third-order valence-corrected chi connectivity index (χ3v) is 6.34. The van der Waals surface area contributed by atoms with Gasteiger partial charge in [-0.1, -0.05) is 25.1 Å². The van der Waals surface area contributed by atoms with E-state index >= 15 is 0 Å². The Hall–Kier alpha value is -1.89. The van der Waals surface area contributed by atoms with Crippen LogP contribution in [0.2, 0.25) is 0 Å². The Kier molecular flexibility index (Phi) is 2.90. The summed E-state index contributed by atoms with van der Waals surface area (Å²) in [6, 6.07) is 12.8. The molecule has 3 aromatic rings. The van der Waals surface area contributed by atoms with Crippen LogP contribution >= 0.6 is 22.6 Å². The second-order valence-electron chi connectivity index (χ2n) is 6.73. The number of rotatable bonds is 2. The van der Waals surface area contributed by atoms with Gasteiger partial charge < -0.3 is 5.32 Å². The summed E-state index contributed by atoms with van der Waals surface area (Å²) in [5.74, 6) is 0.386. The summed E-state index contributed by atoms with van der Waals surface area (Å²) in [6.07, 6.45) is 1.87. The van der Waals surface area contributed by atoms with Crippen molar-refractivity contribution < 1.29 is 4.79 Å². The number of nitrogens with one attached hydrogen (secondary N) is 2. The smallest absolute Gasteiger partial charge is 0.235 e. The third kappa shape index (κ3) is 1.79. The lowest BCUT2D eigenvalue weighted by atomic mass is 9.90. The van der Waals surface area contributed by atoms with Crippen molar-refractivity contribution in [3.63, 3.8) is 0 Å². The van der Waals surface area contributed by atoms with Crippen LogP contribution in [0.15, 0.2) is 36.4 Å². The first-order chi connectivity index (χ1) is 11.6. The van der Waals surface area contributed by atoms with Crippen molar-refractivity contribution in [2.75, 3.05) is 5.32 Å². The van der Waals surface area contributed by atoms with E-state index in [1.807, 2.05) is 0 Å². The van der Waals surface area contributed by atoms with Crippen LogP contribution in [-0.4, -0.2) is 16.1 Å². The molecule has 1 aliphatic carbocycles. The molecule has 2 N–H and O–H groups in total. The topological polar surface area (TPSA) is 57.8 Å². The van der Waals surface area contributed by atoms with Gasteiger partial charge in [0.25, 0.3) is 0 Å². The number of anilines is 1. The first kappa shape index (κ1) is 14.5. The van der Waals surface area contributed by atoms with E-state index in [2.05, 4.69) is 81.4 Å². The molecule has 2 aliphatic rings. The highest BCUT2D eigenvalue weighted by Crippen LogP contribution is 2.65. The molecule has 1 saturated carbocycles. The number of hydrogen-bond acceptors (Lipinski definition) is 2. The third-order valence-electron chi connectivity index (χ3n) is 5.52. The van der Waals surface area contributed by atoms with Gasteiger partial charge in [-0.15, -0.1) is 0 Å². The predicted octanol–water partition coefficient (Wildman–Crippen LogP) is 4.11. The second-order valence-corrected chi connectivity index (χ2v) is 7.81. The summed E-state index contributed by atoms with van der Waals surface area (Å²) in [6.45, 7) is 2.15. The average molecular weight is 429 g/mol. The molecule has 24 heavy (non-hydrogen) atoms. The van der Waals surface area contributed by atoms with Crippen LogP contribution in [-0.2, 0) is 16.6 Å². The minimum atomic E-state index is -0.377. The molecule has 1 amide bonds. The molecule has 5 heteroatoms. The van der Waals surface area contributed by atoms with Gasteiger partial charge in [0.2, 0.25) is 5.91 Å². The van der Waals surface area contributed by atoms with E-state index < -0.39 is 0 Å². The molecule has 2 atom stereocenters. The molecular weight excluding hydrogens is 413 g/mol. The van der Waals surface area contributed by atoms with Crippen molar-refractivity contribution >= 4 is 45.1 Å². The van der Waals surface area contributed by atoms with Crippen LogP contribution in [0.25, 0.3) is 10.9 Å².